The van der Waals surface area contributed by atoms with Crippen LogP contribution >= 0.6 is 0 Å². The zero-order valence-electron chi connectivity index (χ0n) is 18.1. The number of nitrogens with zero attached hydrogens (tertiary/aromatic N) is 2. The third kappa shape index (κ3) is 5.09. The first-order valence-electron chi connectivity index (χ1n) is 11.3. The lowest BCUT2D eigenvalue weighted by Crippen LogP contribution is -2.36. The second-order valence-electron chi connectivity index (χ2n) is 8.43. The molecule has 0 spiro atoms. The van der Waals surface area contributed by atoms with Gasteiger partial charge in [-0.15, -0.1) is 0 Å². The van der Waals surface area contributed by atoms with Crippen LogP contribution in [0.3, 0.4) is 0 Å². The van der Waals surface area contributed by atoms with Crippen molar-refractivity contribution in [1.29, 1.82) is 0 Å². The molecule has 1 aliphatic carbocycles. The number of likely N-dealkylation sites (tertiary alicyclic amines) is 1. The highest BCUT2D eigenvalue weighted by molar-refractivity contribution is 6.05. The van der Waals surface area contributed by atoms with Crippen molar-refractivity contribution in [2.75, 3.05) is 49.7 Å². The van der Waals surface area contributed by atoms with E-state index < -0.39 is 18.5 Å². The van der Waals surface area contributed by atoms with Crippen LogP contribution in [0.1, 0.15) is 32.1 Å². The van der Waals surface area contributed by atoms with E-state index in [0.29, 0.717) is 18.9 Å². The number of carbonyl (C=O) groups is 4. The summed E-state index contributed by atoms with van der Waals surface area (Å²) in [4.78, 5) is 52.4. The lowest BCUT2D eigenvalue weighted by molar-refractivity contribution is -0.148. The largest absolute Gasteiger partial charge is 0.456 e. The van der Waals surface area contributed by atoms with Crippen LogP contribution in [0.15, 0.2) is 24.3 Å². The van der Waals surface area contributed by atoms with Crippen molar-refractivity contribution in [2.24, 2.45) is 11.8 Å². The van der Waals surface area contributed by atoms with Crippen LogP contribution in [0.5, 0.6) is 0 Å². The summed E-state index contributed by atoms with van der Waals surface area (Å²) in [5, 5.41) is 2.69. The average Bonchev–Trinajstić information content (AvgIpc) is 3.07. The van der Waals surface area contributed by atoms with Crippen LogP contribution in [0.4, 0.5) is 11.4 Å². The highest BCUT2D eigenvalue weighted by atomic mass is 16.5. The third-order valence-electron chi connectivity index (χ3n) is 6.36. The van der Waals surface area contributed by atoms with E-state index in [2.05, 4.69) is 10.2 Å². The maximum absolute atomic E-state index is 12.4. The fourth-order valence-corrected chi connectivity index (χ4v) is 4.65. The number of fused-ring (bicyclic) bond motifs is 1. The number of ether oxygens (including phenoxy) is 2. The van der Waals surface area contributed by atoms with Crippen molar-refractivity contribution >= 4 is 35.1 Å². The highest BCUT2D eigenvalue weighted by Gasteiger charge is 2.47. The standard InChI is InChI=1S/C23H29N3O6/c27-20(24-16-5-7-17(8-6-16)25-11-13-31-14-12-25)15-32-21(28)9-10-26-22(29)18-3-1-2-4-19(18)23(26)30/h5-8,18-19H,1-4,9-15H2,(H,24,27)/t18-,19-/m1/s1. The molecule has 1 aromatic rings. The minimum absolute atomic E-state index is 0.00806. The van der Waals surface area contributed by atoms with Gasteiger partial charge < -0.3 is 19.7 Å². The van der Waals surface area contributed by atoms with E-state index in [1.54, 1.807) is 12.1 Å². The monoisotopic (exact) mass is 443 g/mol. The van der Waals surface area contributed by atoms with Gasteiger partial charge in [-0.3, -0.25) is 24.1 Å². The summed E-state index contributed by atoms with van der Waals surface area (Å²) in [6, 6.07) is 7.45. The summed E-state index contributed by atoms with van der Waals surface area (Å²) in [6.45, 7) is 2.65. The Balaban J connectivity index is 1.18. The van der Waals surface area contributed by atoms with Crippen LogP contribution in [0.25, 0.3) is 0 Å². The van der Waals surface area contributed by atoms with Crippen LogP contribution < -0.4 is 10.2 Å². The molecule has 2 atom stereocenters. The molecule has 1 aromatic carbocycles. The number of benzene rings is 1. The summed E-state index contributed by atoms with van der Waals surface area (Å²) < 4.78 is 10.4. The topological polar surface area (TPSA) is 105 Å². The average molecular weight is 444 g/mol. The maximum Gasteiger partial charge on any atom is 0.308 e. The second-order valence-corrected chi connectivity index (χ2v) is 8.43. The molecule has 9 nitrogen and oxygen atoms in total. The van der Waals surface area contributed by atoms with E-state index in [9.17, 15) is 19.2 Å². The first kappa shape index (κ1) is 22.3. The Hall–Kier alpha value is -2.94. The predicted octanol–water partition coefficient (Wildman–Crippen LogP) is 1.57. The number of hydrogen-bond donors (Lipinski definition) is 1. The van der Waals surface area contributed by atoms with Gasteiger partial charge in [0.1, 0.15) is 0 Å². The number of esters is 1. The molecule has 1 N–H and O–H groups in total. The predicted molar refractivity (Wildman–Crippen MR) is 116 cm³/mol. The molecule has 1 saturated carbocycles. The number of carbonyl (C=O) groups excluding carboxylic acids is 4. The molecule has 2 aliphatic heterocycles. The number of anilines is 2. The molecular formula is C23H29N3O6. The summed E-state index contributed by atoms with van der Waals surface area (Å²) >= 11 is 0. The van der Waals surface area contributed by atoms with Gasteiger partial charge in [0.25, 0.3) is 5.91 Å². The Bertz CT molecular complexity index is 841. The Morgan fingerprint density at radius 3 is 2.25 bits per heavy atom. The fourth-order valence-electron chi connectivity index (χ4n) is 4.65. The molecule has 9 heteroatoms. The summed E-state index contributed by atoms with van der Waals surface area (Å²) in [7, 11) is 0. The minimum Gasteiger partial charge on any atom is -0.456 e. The van der Waals surface area contributed by atoms with Crippen molar-refractivity contribution in [3.63, 3.8) is 0 Å². The molecule has 0 bridgehead atoms. The number of imide groups is 1. The third-order valence-corrected chi connectivity index (χ3v) is 6.36. The van der Waals surface area contributed by atoms with Gasteiger partial charge in [-0.1, -0.05) is 12.8 Å². The summed E-state index contributed by atoms with van der Waals surface area (Å²) in [6.07, 6.45) is 3.29. The number of rotatable bonds is 7. The van der Waals surface area contributed by atoms with Crippen LogP contribution in [-0.2, 0) is 28.7 Å². The van der Waals surface area contributed by atoms with Gasteiger partial charge in [0.2, 0.25) is 11.8 Å². The van der Waals surface area contributed by atoms with E-state index >= 15 is 0 Å². The van der Waals surface area contributed by atoms with Gasteiger partial charge in [0.15, 0.2) is 6.61 Å². The maximum atomic E-state index is 12.4. The Morgan fingerprint density at radius 2 is 1.62 bits per heavy atom. The van der Waals surface area contributed by atoms with Gasteiger partial charge >= 0.3 is 5.97 Å². The van der Waals surface area contributed by atoms with Crippen LogP contribution in [-0.4, -0.2) is 68.0 Å². The molecule has 2 heterocycles. The van der Waals surface area contributed by atoms with Gasteiger partial charge in [0, 0.05) is 31.0 Å². The number of amides is 3. The number of morpholine rings is 1. The van der Waals surface area contributed by atoms with E-state index in [0.717, 1.165) is 44.5 Å². The van der Waals surface area contributed by atoms with E-state index in [4.69, 9.17) is 9.47 Å². The Kier molecular flexibility index (Phi) is 7.04. The molecule has 4 rings (SSSR count). The van der Waals surface area contributed by atoms with Gasteiger partial charge in [-0.05, 0) is 37.1 Å². The molecule has 3 aliphatic rings. The lowest BCUT2D eigenvalue weighted by atomic mass is 9.81. The summed E-state index contributed by atoms with van der Waals surface area (Å²) in [5.74, 6) is -1.87. The molecular weight excluding hydrogens is 414 g/mol. The molecule has 2 saturated heterocycles. The molecule has 0 aromatic heterocycles. The van der Waals surface area contributed by atoms with Crippen molar-refractivity contribution in [3.05, 3.63) is 24.3 Å². The smallest absolute Gasteiger partial charge is 0.308 e. The van der Waals surface area contributed by atoms with E-state index in [-0.39, 0.29) is 36.6 Å². The molecule has 0 unspecified atom stereocenters. The van der Waals surface area contributed by atoms with Crippen molar-refractivity contribution in [1.82, 2.24) is 4.90 Å². The van der Waals surface area contributed by atoms with Crippen LogP contribution in [0.2, 0.25) is 0 Å². The van der Waals surface area contributed by atoms with Crippen molar-refractivity contribution in [2.45, 2.75) is 32.1 Å². The van der Waals surface area contributed by atoms with Crippen LogP contribution in [0, 0.1) is 11.8 Å². The quantitative estimate of drug-likeness (QED) is 0.504. The number of hydrogen-bond acceptors (Lipinski definition) is 7. The molecule has 0 radical (unpaired) electrons. The fraction of sp³-hybridized carbons (Fsp3) is 0.565. The minimum atomic E-state index is -0.613. The van der Waals surface area contributed by atoms with Crippen molar-refractivity contribution < 1.29 is 28.7 Å². The molecule has 3 fully saturated rings. The van der Waals surface area contributed by atoms with E-state index in [1.807, 2.05) is 12.1 Å². The van der Waals surface area contributed by atoms with Gasteiger partial charge in [-0.2, -0.15) is 0 Å². The SMILES string of the molecule is O=C(COC(=O)CCN1C(=O)[C@@H]2CCCC[C@H]2C1=O)Nc1ccc(N2CCOCC2)cc1. The highest BCUT2D eigenvalue weighted by Crippen LogP contribution is 2.37. The molecule has 3 amide bonds. The summed E-state index contributed by atoms with van der Waals surface area (Å²) in [5.41, 5.74) is 1.67. The lowest BCUT2D eigenvalue weighted by Gasteiger charge is -2.28. The number of nitrogens with one attached hydrogen (secondary N) is 1. The second kappa shape index (κ2) is 10.1. The Labute approximate surface area is 187 Å². The molecule has 32 heavy (non-hydrogen) atoms. The molecule has 172 valence electrons. The van der Waals surface area contributed by atoms with Gasteiger partial charge in [-0.25, -0.2) is 0 Å². The zero-order chi connectivity index (χ0) is 22.5. The Morgan fingerprint density at radius 1 is 1.00 bits per heavy atom. The normalized spacial score (nSPS) is 23.1. The van der Waals surface area contributed by atoms with Gasteiger partial charge in [0.05, 0.1) is 31.5 Å². The van der Waals surface area contributed by atoms with Crippen molar-refractivity contribution in [3.8, 4) is 0 Å². The first-order chi connectivity index (χ1) is 15.5. The first-order valence-corrected chi connectivity index (χ1v) is 11.3. The van der Waals surface area contributed by atoms with E-state index in [1.165, 1.54) is 4.90 Å². The zero-order valence-corrected chi connectivity index (χ0v) is 18.1.